The van der Waals surface area contributed by atoms with Gasteiger partial charge in [-0.2, -0.15) is 5.10 Å². The van der Waals surface area contributed by atoms with Crippen LogP contribution in [0.25, 0.3) is 11.3 Å². The summed E-state index contributed by atoms with van der Waals surface area (Å²) in [5, 5.41) is 15.8. The van der Waals surface area contributed by atoms with Crippen LogP contribution in [-0.4, -0.2) is 38.8 Å². The lowest BCUT2D eigenvalue weighted by molar-refractivity contribution is -0.136. The third-order valence-corrected chi connectivity index (χ3v) is 5.87. The highest BCUT2D eigenvalue weighted by atomic mass is 35.5. The fourth-order valence-corrected chi connectivity index (χ4v) is 3.87. The van der Waals surface area contributed by atoms with Crippen molar-refractivity contribution in [2.75, 3.05) is 13.1 Å². The van der Waals surface area contributed by atoms with Gasteiger partial charge in [0.1, 0.15) is 12.4 Å². The summed E-state index contributed by atoms with van der Waals surface area (Å²) in [5.41, 5.74) is 0.485. The van der Waals surface area contributed by atoms with Crippen LogP contribution in [0.15, 0.2) is 65.5 Å². The molecule has 6 nitrogen and oxygen atoms in total. The molecule has 31 heavy (non-hydrogen) atoms. The van der Waals surface area contributed by atoms with Gasteiger partial charge in [-0.1, -0.05) is 23.7 Å². The molecule has 3 aromatic rings. The topological polar surface area (TPSA) is 75.4 Å². The van der Waals surface area contributed by atoms with Crippen LogP contribution in [0, 0.1) is 5.82 Å². The lowest BCUT2D eigenvalue weighted by atomic mass is 9.84. The molecule has 4 rings (SSSR count). The van der Waals surface area contributed by atoms with E-state index in [-0.39, 0.29) is 18.3 Å². The molecule has 1 amide bonds. The second-order valence-electron chi connectivity index (χ2n) is 7.64. The third-order valence-electron chi connectivity index (χ3n) is 5.62. The Balaban J connectivity index is 1.44. The highest BCUT2D eigenvalue weighted by Gasteiger charge is 2.35. The molecule has 0 radical (unpaired) electrons. The Morgan fingerprint density at radius 1 is 1.03 bits per heavy atom. The van der Waals surface area contributed by atoms with Gasteiger partial charge in [0, 0.05) is 29.7 Å². The van der Waals surface area contributed by atoms with Gasteiger partial charge in [-0.25, -0.2) is 9.07 Å². The lowest BCUT2D eigenvalue weighted by Gasteiger charge is -2.38. The van der Waals surface area contributed by atoms with Crippen molar-refractivity contribution in [1.29, 1.82) is 0 Å². The molecule has 1 aromatic heterocycles. The lowest BCUT2D eigenvalue weighted by Crippen LogP contribution is -2.47. The number of hydrogen-bond acceptors (Lipinski definition) is 4. The Labute approximate surface area is 183 Å². The molecule has 1 aliphatic rings. The van der Waals surface area contributed by atoms with E-state index in [1.54, 1.807) is 47.4 Å². The first-order valence-electron chi connectivity index (χ1n) is 9.94. The number of piperidine rings is 1. The van der Waals surface area contributed by atoms with Crippen molar-refractivity contribution in [2.24, 2.45) is 0 Å². The van der Waals surface area contributed by atoms with Crippen molar-refractivity contribution in [3.63, 3.8) is 0 Å². The van der Waals surface area contributed by atoms with E-state index >= 15 is 0 Å². The maximum absolute atomic E-state index is 13.2. The maximum Gasteiger partial charge on any atom is 0.267 e. The minimum Gasteiger partial charge on any atom is -0.385 e. The molecule has 0 bridgehead atoms. The zero-order valence-electron chi connectivity index (χ0n) is 16.7. The summed E-state index contributed by atoms with van der Waals surface area (Å²) in [4.78, 5) is 26.6. The SMILES string of the molecule is O=C(Cn1nc(-c2ccc(F)cc2)ccc1=O)N1CCC(O)(c2ccc(Cl)cc2)CC1. The first kappa shape index (κ1) is 21.2. The third kappa shape index (κ3) is 4.68. The number of carbonyl (C=O) groups is 1. The average molecular weight is 442 g/mol. The largest absolute Gasteiger partial charge is 0.385 e. The van der Waals surface area contributed by atoms with Crippen molar-refractivity contribution in [1.82, 2.24) is 14.7 Å². The predicted octanol–water partition coefficient (Wildman–Crippen LogP) is 3.21. The Morgan fingerprint density at radius 3 is 2.32 bits per heavy atom. The van der Waals surface area contributed by atoms with Crippen LogP contribution in [0.4, 0.5) is 4.39 Å². The van der Waals surface area contributed by atoms with Crippen LogP contribution in [0.3, 0.4) is 0 Å². The zero-order valence-corrected chi connectivity index (χ0v) is 17.4. The van der Waals surface area contributed by atoms with Gasteiger partial charge < -0.3 is 10.0 Å². The Morgan fingerprint density at radius 2 is 1.68 bits per heavy atom. The van der Waals surface area contributed by atoms with Crippen LogP contribution >= 0.6 is 11.6 Å². The Bertz CT molecular complexity index is 1140. The van der Waals surface area contributed by atoms with Crippen molar-refractivity contribution < 1.29 is 14.3 Å². The molecule has 0 saturated carbocycles. The van der Waals surface area contributed by atoms with Crippen molar-refractivity contribution in [3.8, 4) is 11.3 Å². The number of amides is 1. The summed E-state index contributed by atoms with van der Waals surface area (Å²) < 4.78 is 14.3. The molecule has 1 saturated heterocycles. The standard InChI is InChI=1S/C23H21ClFN3O3/c24-18-5-3-17(4-6-18)23(31)11-13-27(14-12-23)22(30)15-28-21(29)10-9-20(26-28)16-1-7-19(25)8-2-16/h1-10,31H,11-15H2. The van der Waals surface area contributed by atoms with Gasteiger partial charge in [0.2, 0.25) is 5.91 Å². The molecule has 1 N–H and O–H groups in total. The first-order valence-corrected chi connectivity index (χ1v) is 10.3. The second-order valence-corrected chi connectivity index (χ2v) is 8.08. The number of rotatable bonds is 4. The normalized spacial score (nSPS) is 15.6. The molecule has 0 spiro atoms. The smallest absolute Gasteiger partial charge is 0.267 e. The van der Waals surface area contributed by atoms with E-state index in [9.17, 15) is 19.1 Å². The van der Waals surface area contributed by atoms with Gasteiger partial charge in [-0.15, -0.1) is 0 Å². The maximum atomic E-state index is 13.2. The minimum atomic E-state index is -1.01. The summed E-state index contributed by atoms with van der Waals surface area (Å²) in [5.74, 6) is -0.611. The van der Waals surface area contributed by atoms with E-state index in [0.717, 1.165) is 10.2 Å². The number of hydrogen-bond donors (Lipinski definition) is 1. The number of aliphatic hydroxyl groups is 1. The number of likely N-dealkylation sites (tertiary alicyclic amines) is 1. The molecule has 2 heterocycles. The van der Waals surface area contributed by atoms with E-state index in [4.69, 9.17) is 11.6 Å². The number of carbonyl (C=O) groups excluding carboxylic acids is 1. The van der Waals surface area contributed by atoms with Gasteiger partial charge in [0.25, 0.3) is 5.56 Å². The summed E-state index contributed by atoms with van der Waals surface area (Å²) in [7, 11) is 0. The van der Waals surface area contributed by atoms with Gasteiger partial charge in [-0.3, -0.25) is 9.59 Å². The van der Waals surface area contributed by atoms with Gasteiger partial charge in [0.15, 0.2) is 0 Å². The molecule has 0 unspecified atom stereocenters. The molecule has 0 aliphatic carbocycles. The van der Waals surface area contributed by atoms with E-state index in [1.807, 2.05) is 0 Å². The van der Waals surface area contributed by atoms with Crippen LogP contribution in [0.2, 0.25) is 5.02 Å². The molecule has 8 heteroatoms. The predicted molar refractivity (Wildman–Crippen MR) is 115 cm³/mol. The average Bonchev–Trinajstić information content (AvgIpc) is 2.77. The first-order chi connectivity index (χ1) is 14.8. The Hall–Kier alpha value is -3.03. The van der Waals surface area contributed by atoms with Crippen LogP contribution < -0.4 is 5.56 Å². The number of halogens is 2. The van der Waals surface area contributed by atoms with E-state index in [1.165, 1.54) is 18.2 Å². The molecule has 160 valence electrons. The quantitative estimate of drug-likeness (QED) is 0.674. The van der Waals surface area contributed by atoms with Gasteiger partial charge in [-0.05, 0) is 60.9 Å². The van der Waals surface area contributed by atoms with Crippen LogP contribution in [0.5, 0.6) is 0 Å². The number of benzene rings is 2. The molecule has 1 aliphatic heterocycles. The molecule has 2 aromatic carbocycles. The monoisotopic (exact) mass is 441 g/mol. The fraction of sp³-hybridized carbons (Fsp3) is 0.261. The minimum absolute atomic E-state index is 0.201. The zero-order chi connectivity index (χ0) is 22.0. The Kier molecular flexibility index (Phi) is 5.89. The summed E-state index contributed by atoms with van der Waals surface area (Å²) >= 11 is 5.92. The molecule has 0 atom stereocenters. The van der Waals surface area contributed by atoms with Gasteiger partial charge in [0.05, 0.1) is 11.3 Å². The summed E-state index contributed by atoms with van der Waals surface area (Å²) in [6.07, 6.45) is 0.774. The summed E-state index contributed by atoms with van der Waals surface area (Å²) in [6.45, 7) is 0.530. The van der Waals surface area contributed by atoms with E-state index in [0.29, 0.717) is 42.2 Å². The van der Waals surface area contributed by atoms with E-state index < -0.39 is 11.2 Å². The number of aromatic nitrogens is 2. The van der Waals surface area contributed by atoms with Crippen molar-refractivity contribution >= 4 is 17.5 Å². The molecular weight excluding hydrogens is 421 g/mol. The van der Waals surface area contributed by atoms with Crippen LogP contribution in [-0.2, 0) is 16.9 Å². The van der Waals surface area contributed by atoms with Gasteiger partial charge >= 0.3 is 0 Å². The molecular formula is C23H21ClFN3O3. The highest BCUT2D eigenvalue weighted by Crippen LogP contribution is 2.33. The van der Waals surface area contributed by atoms with E-state index in [2.05, 4.69) is 5.10 Å². The second kappa shape index (κ2) is 8.61. The van der Waals surface area contributed by atoms with Crippen LogP contribution in [0.1, 0.15) is 18.4 Å². The number of nitrogens with zero attached hydrogens (tertiary/aromatic N) is 3. The van der Waals surface area contributed by atoms with Crippen molar-refractivity contribution in [3.05, 3.63) is 87.4 Å². The molecule has 1 fully saturated rings. The highest BCUT2D eigenvalue weighted by molar-refractivity contribution is 6.30. The fourth-order valence-electron chi connectivity index (χ4n) is 3.74. The summed E-state index contributed by atoms with van der Waals surface area (Å²) in [6, 6.07) is 15.7. The van der Waals surface area contributed by atoms with Crippen molar-refractivity contribution in [2.45, 2.75) is 25.0 Å².